The molecule has 0 spiro atoms. The van der Waals surface area contributed by atoms with Gasteiger partial charge in [-0.25, -0.2) is 4.79 Å². The second kappa shape index (κ2) is 3.76. The third kappa shape index (κ3) is 2.39. The third-order valence-electron chi connectivity index (χ3n) is 0.835. The summed E-state index contributed by atoms with van der Waals surface area (Å²) >= 11 is 0. The molecule has 0 saturated heterocycles. The summed E-state index contributed by atoms with van der Waals surface area (Å²) < 4.78 is 23.2. The number of rotatable bonds is 3. The summed E-state index contributed by atoms with van der Waals surface area (Å²) in [7, 11) is 0. The fourth-order valence-electron chi connectivity index (χ4n) is 0.390. The van der Waals surface area contributed by atoms with E-state index in [-0.39, 0.29) is 6.42 Å². The van der Waals surface area contributed by atoms with Crippen molar-refractivity contribution in [2.24, 2.45) is 0 Å². The van der Waals surface area contributed by atoms with Crippen LogP contribution in [-0.2, 0) is 4.79 Å². The summed E-state index contributed by atoms with van der Waals surface area (Å²) in [6.45, 7) is 3.13. The summed E-state index contributed by atoms with van der Waals surface area (Å²) in [6, 6.07) is 0. The lowest BCUT2D eigenvalue weighted by Gasteiger charge is -1.92. The van der Waals surface area contributed by atoms with Crippen molar-refractivity contribution in [1.29, 1.82) is 0 Å². The van der Waals surface area contributed by atoms with Crippen molar-refractivity contribution in [2.45, 2.75) is 6.42 Å². The van der Waals surface area contributed by atoms with E-state index in [0.29, 0.717) is 0 Å². The first kappa shape index (κ1) is 8.81. The van der Waals surface area contributed by atoms with Gasteiger partial charge in [-0.05, 0) is 0 Å². The fraction of sp³-hybridized carbons (Fsp3) is 0.167. The van der Waals surface area contributed by atoms with Crippen LogP contribution in [0.5, 0.6) is 0 Å². The number of carboxylic acids is 1. The highest BCUT2D eigenvalue weighted by molar-refractivity contribution is 5.87. The predicted molar refractivity (Wildman–Crippen MR) is 31.7 cm³/mol. The molecular weight excluding hydrogens is 142 g/mol. The van der Waals surface area contributed by atoms with Crippen molar-refractivity contribution in [3.05, 3.63) is 24.3 Å². The maximum atomic E-state index is 11.6. The molecule has 0 saturated carbocycles. The van der Waals surface area contributed by atoms with Crippen LogP contribution >= 0.6 is 0 Å². The van der Waals surface area contributed by atoms with Gasteiger partial charge in [0, 0.05) is 6.42 Å². The molecule has 0 aliphatic carbocycles. The number of aliphatic carboxylic acids is 1. The van der Waals surface area contributed by atoms with Gasteiger partial charge in [0.15, 0.2) is 0 Å². The van der Waals surface area contributed by atoms with Gasteiger partial charge in [-0.3, -0.25) is 0 Å². The van der Waals surface area contributed by atoms with Gasteiger partial charge in [0.05, 0.1) is 0 Å². The molecule has 0 atom stereocenters. The van der Waals surface area contributed by atoms with E-state index in [4.69, 9.17) is 5.11 Å². The lowest BCUT2D eigenvalue weighted by atomic mass is 10.2. The van der Waals surface area contributed by atoms with Crippen LogP contribution in [0, 0.1) is 0 Å². The average Bonchev–Trinajstić information content (AvgIpc) is 1.81. The number of allylic oxidation sites excluding steroid dienone is 1. The number of carbonyl (C=O) groups is 1. The highest BCUT2D eigenvalue weighted by Crippen LogP contribution is 2.11. The average molecular weight is 148 g/mol. The Morgan fingerprint density at radius 2 is 2.10 bits per heavy atom. The van der Waals surface area contributed by atoms with E-state index >= 15 is 0 Å². The van der Waals surface area contributed by atoms with Crippen LogP contribution < -0.4 is 0 Å². The van der Waals surface area contributed by atoms with Crippen LogP contribution in [0.4, 0.5) is 8.78 Å². The molecule has 0 heterocycles. The Balaban J connectivity index is 4.42. The van der Waals surface area contributed by atoms with Crippen LogP contribution in [0.15, 0.2) is 24.3 Å². The second-order valence-corrected chi connectivity index (χ2v) is 1.54. The molecule has 0 aromatic carbocycles. The molecule has 1 N–H and O–H groups in total. The van der Waals surface area contributed by atoms with E-state index in [9.17, 15) is 13.6 Å². The van der Waals surface area contributed by atoms with E-state index in [2.05, 4.69) is 6.58 Å². The maximum Gasteiger partial charge on any atom is 0.337 e. The van der Waals surface area contributed by atoms with Crippen LogP contribution in [0.1, 0.15) is 6.42 Å². The molecule has 0 amide bonds. The lowest BCUT2D eigenvalue weighted by Crippen LogP contribution is -2.00. The van der Waals surface area contributed by atoms with Crippen molar-refractivity contribution in [3.8, 4) is 0 Å². The minimum atomic E-state index is -2.16. The Morgan fingerprint density at radius 1 is 1.60 bits per heavy atom. The van der Waals surface area contributed by atoms with Crippen molar-refractivity contribution in [1.82, 2.24) is 0 Å². The van der Waals surface area contributed by atoms with Crippen molar-refractivity contribution < 1.29 is 18.7 Å². The summed E-state index contributed by atoms with van der Waals surface area (Å²) in [4.78, 5) is 9.95. The minimum absolute atomic E-state index is 0.308. The molecule has 4 heteroatoms. The van der Waals surface area contributed by atoms with E-state index in [0.717, 1.165) is 6.08 Å². The zero-order valence-corrected chi connectivity index (χ0v) is 5.10. The van der Waals surface area contributed by atoms with Crippen molar-refractivity contribution in [2.75, 3.05) is 0 Å². The summed E-state index contributed by atoms with van der Waals surface area (Å²) in [5.74, 6) is -1.60. The van der Waals surface area contributed by atoms with Gasteiger partial charge >= 0.3 is 5.97 Å². The summed E-state index contributed by atoms with van der Waals surface area (Å²) in [5.41, 5.74) is -0.894. The van der Waals surface area contributed by atoms with Gasteiger partial charge < -0.3 is 5.11 Å². The summed E-state index contributed by atoms with van der Waals surface area (Å²) in [5, 5.41) is 8.09. The first-order valence-electron chi connectivity index (χ1n) is 2.48. The molecule has 0 aliphatic heterocycles. The topological polar surface area (TPSA) is 37.3 Å². The first-order chi connectivity index (χ1) is 4.59. The van der Waals surface area contributed by atoms with Gasteiger partial charge in [-0.1, -0.05) is 6.08 Å². The number of hydrogen-bond acceptors (Lipinski definition) is 1. The maximum absolute atomic E-state index is 11.6. The van der Waals surface area contributed by atoms with Gasteiger partial charge in [-0.15, -0.1) is 6.58 Å². The molecule has 0 radical (unpaired) electrons. The van der Waals surface area contributed by atoms with Crippen molar-refractivity contribution in [3.63, 3.8) is 0 Å². The minimum Gasteiger partial charge on any atom is -0.478 e. The quantitative estimate of drug-likeness (QED) is 0.489. The van der Waals surface area contributed by atoms with Gasteiger partial charge in [0.2, 0.25) is 0 Å². The Kier molecular flexibility index (Phi) is 3.32. The largest absolute Gasteiger partial charge is 0.478 e. The van der Waals surface area contributed by atoms with Crippen LogP contribution in [-0.4, -0.2) is 11.1 Å². The Labute approximate surface area is 56.5 Å². The van der Waals surface area contributed by atoms with E-state index < -0.39 is 17.6 Å². The van der Waals surface area contributed by atoms with E-state index in [1.165, 1.54) is 0 Å². The monoisotopic (exact) mass is 148 g/mol. The van der Waals surface area contributed by atoms with Gasteiger partial charge in [-0.2, -0.15) is 8.78 Å². The SMILES string of the molecule is C=CCC(C(=O)O)=C(F)F. The smallest absolute Gasteiger partial charge is 0.337 e. The number of carboxylic acid groups (broad SMARTS) is 1. The highest BCUT2D eigenvalue weighted by Gasteiger charge is 2.11. The first-order valence-corrected chi connectivity index (χ1v) is 2.48. The molecule has 0 aromatic heterocycles. The Hall–Kier alpha value is -1.19. The molecule has 0 bridgehead atoms. The van der Waals surface area contributed by atoms with Gasteiger partial charge in [0.25, 0.3) is 6.08 Å². The fourth-order valence-corrected chi connectivity index (χ4v) is 0.390. The molecular formula is C6H6F2O2. The third-order valence-corrected chi connectivity index (χ3v) is 0.835. The Morgan fingerprint density at radius 3 is 2.20 bits per heavy atom. The Bertz CT molecular complexity index is 180. The van der Waals surface area contributed by atoms with Crippen LogP contribution in [0.2, 0.25) is 0 Å². The molecule has 0 unspecified atom stereocenters. The molecule has 0 aliphatic rings. The van der Waals surface area contributed by atoms with Gasteiger partial charge in [0.1, 0.15) is 5.57 Å². The zero-order valence-electron chi connectivity index (χ0n) is 5.10. The lowest BCUT2D eigenvalue weighted by molar-refractivity contribution is -0.133. The normalized spacial score (nSPS) is 8.60. The molecule has 0 aromatic rings. The summed E-state index contributed by atoms with van der Waals surface area (Å²) in [6.07, 6.45) is -1.35. The van der Waals surface area contributed by atoms with Crippen LogP contribution in [0.25, 0.3) is 0 Å². The highest BCUT2D eigenvalue weighted by atomic mass is 19.3. The standard InChI is InChI=1S/C6H6F2O2/c1-2-3-4(5(7)8)6(9)10/h2H,1,3H2,(H,9,10). The number of hydrogen-bond donors (Lipinski definition) is 1. The zero-order chi connectivity index (χ0) is 8.15. The van der Waals surface area contributed by atoms with Crippen LogP contribution in [0.3, 0.4) is 0 Å². The number of halogens is 2. The molecule has 2 nitrogen and oxygen atoms in total. The predicted octanol–water partition coefficient (Wildman–Crippen LogP) is 1.80. The molecule has 0 rings (SSSR count). The molecule has 0 fully saturated rings. The molecule has 56 valence electrons. The van der Waals surface area contributed by atoms with Crippen molar-refractivity contribution >= 4 is 5.97 Å². The second-order valence-electron chi connectivity index (χ2n) is 1.54. The molecule has 10 heavy (non-hydrogen) atoms. The van der Waals surface area contributed by atoms with E-state index in [1.807, 2.05) is 0 Å². The van der Waals surface area contributed by atoms with E-state index in [1.54, 1.807) is 0 Å².